The molecule has 422 valence electrons. The van der Waals surface area contributed by atoms with Crippen LogP contribution in [-0.2, 0) is 32.2 Å². The number of hydrogen-bond donors (Lipinski definition) is 1. The average Bonchev–Trinajstić information content (AvgIpc) is 3.37. The summed E-state index contributed by atoms with van der Waals surface area (Å²) in [4.78, 5) is 33.0. The lowest BCUT2D eigenvalue weighted by Gasteiger charge is -2.34. The van der Waals surface area contributed by atoms with Crippen LogP contribution < -0.4 is 15.2 Å². The zero-order chi connectivity index (χ0) is 55.5. The highest BCUT2D eigenvalue weighted by molar-refractivity contribution is 5.79. The van der Waals surface area contributed by atoms with Crippen LogP contribution in [0.15, 0.2) is 109 Å². The standard InChI is InChI=1S/C67H103N3O6/c1-13-21-51(3)27-37-61(53(5)47-66(7,8)9)64(71)69(49-55-23-17-15-18-24-55)39-41-73-43-45-75-59-33-29-57(30-34-59)63(68)58-31-35-60(36-32-58)76-46-44-74-42-40-70(50-56-25-19-16-20-26-56)65(72)62(38-28-52(4)22-14-2)54(6)48-67(10,11)12/h15-20,23-26,29-36,51-54,61-63H,13-14,21-22,27-28,37-50,68H2,1-12H3. The zero-order valence-electron chi connectivity index (χ0n) is 49.5. The van der Waals surface area contributed by atoms with Crippen molar-refractivity contribution in [2.75, 3.05) is 52.7 Å². The molecule has 0 aliphatic rings. The summed E-state index contributed by atoms with van der Waals surface area (Å²) >= 11 is 0. The first kappa shape index (κ1) is 63.8. The number of ether oxygens (including phenoxy) is 4. The van der Waals surface area contributed by atoms with E-state index in [4.69, 9.17) is 24.7 Å². The second kappa shape index (κ2) is 33.6. The summed E-state index contributed by atoms with van der Waals surface area (Å²) < 4.78 is 24.4. The van der Waals surface area contributed by atoms with Crippen LogP contribution in [0.4, 0.5) is 0 Å². The first-order chi connectivity index (χ1) is 36.3. The molecule has 6 unspecified atom stereocenters. The topological polar surface area (TPSA) is 104 Å². The Labute approximate surface area is 462 Å². The van der Waals surface area contributed by atoms with Crippen molar-refractivity contribution in [2.45, 2.75) is 166 Å². The van der Waals surface area contributed by atoms with Crippen LogP contribution in [-0.4, -0.2) is 74.3 Å². The number of rotatable bonds is 36. The first-order valence-corrected chi connectivity index (χ1v) is 29.3. The molecule has 0 bridgehead atoms. The normalized spacial score (nSPS) is 14.8. The van der Waals surface area contributed by atoms with E-state index in [2.05, 4.69) is 107 Å². The molecule has 9 nitrogen and oxygen atoms in total. The maximum Gasteiger partial charge on any atom is 0.226 e. The second-order valence-electron chi connectivity index (χ2n) is 24.7. The van der Waals surface area contributed by atoms with Crippen molar-refractivity contribution < 1.29 is 28.5 Å². The highest BCUT2D eigenvalue weighted by Gasteiger charge is 2.33. The smallest absolute Gasteiger partial charge is 0.226 e. The third-order valence-corrected chi connectivity index (χ3v) is 14.9. The second-order valence-corrected chi connectivity index (χ2v) is 24.7. The third kappa shape index (κ3) is 24.3. The Morgan fingerprint density at radius 2 is 0.829 bits per heavy atom. The molecule has 4 rings (SSSR count). The molecule has 4 aromatic carbocycles. The number of hydrogen-bond acceptors (Lipinski definition) is 7. The summed E-state index contributed by atoms with van der Waals surface area (Å²) in [6, 6.07) is 36.1. The number of amides is 2. The lowest BCUT2D eigenvalue weighted by Crippen LogP contribution is -2.41. The van der Waals surface area contributed by atoms with Crippen molar-refractivity contribution in [1.82, 2.24) is 9.80 Å². The SMILES string of the molecule is CCCC(C)CCC(C(=O)N(CCOCCOc1ccc(C(N)c2ccc(OCCOCCN(Cc3ccccc3)C(=O)C(CCC(C)CCC)C(C)CC(C)(C)C)cc2)cc1)Cc1ccccc1)C(C)CC(C)(C)C. The summed E-state index contributed by atoms with van der Waals surface area (Å²) in [5.74, 6) is 3.72. The van der Waals surface area contributed by atoms with Gasteiger partial charge in [0, 0.05) is 38.0 Å². The zero-order valence-corrected chi connectivity index (χ0v) is 49.5. The number of carbonyl (C=O) groups excluding carboxylic acids is 2. The Kier molecular flexibility index (Phi) is 28.2. The third-order valence-electron chi connectivity index (χ3n) is 14.9. The van der Waals surface area contributed by atoms with E-state index in [0.29, 0.717) is 77.7 Å². The number of nitrogens with zero attached hydrogens (tertiary/aromatic N) is 2. The summed E-state index contributed by atoms with van der Waals surface area (Å²) in [7, 11) is 0. The lowest BCUT2D eigenvalue weighted by molar-refractivity contribution is -0.140. The molecule has 9 heteroatoms. The van der Waals surface area contributed by atoms with Gasteiger partial charge in [-0.1, -0.05) is 194 Å². The van der Waals surface area contributed by atoms with Gasteiger partial charge in [0.1, 0.15) is 24.7 Å². The predicted molar refractivity (Wildman–Crippen MR) is 315 cm³/mol. The molecule has 0 heterocycles. The molecule has 6 atom stereocenters. The van der Waals surface area contributed by atoms with Crippen molar-refractivity contribution >= 4 is 11.8 Å². The molecule has 0 aliphatic carbocycles. The van der Waals surface area contributed by atoms with Crippen molar-refractivity contribution in [2.24, 2.45) is 52.1 Å². The van der Waals surface area contributed by atoms with Gasteiger partial charge < -0.3 is 34.5 Å². The average molecular weight is 1050 g/mol. The molecule has 76 heavy (non-hydrogen) atoms. The van der Waals surface area contributed by atoms with Gasteiger partial charge in [-0.2, -0.15) is 0 Å². The summed E-state index contributed by atoms with van der Waals surface area (Å²) in [5.41, 5.74) is 11.3. The monoisotopic (exact) mass is 1050 g/mol. The highest BCUT2D eigenvalue weighted by Crippen LogP contribution is 2.35. The molecular weight excluding hydrogens is 943 g/mol. The number of benzene rings is 4. The minimum Gasteiger partial charge on any atom is -0.491 e. The molecule has 0 aromatic heterocycles. The van der Waals surface area contributed by atoms with Crippen molar-refractivity contribution in [3.8, 4) is 11.5 Å². The minimum absolute atomic E-state index is 0.0220. The molecule has 0 saturated heterocycles. The van der Waals surface area contributed by atoms with Gasteiger partial charge in [-0.05, 0) is 120 Å². The fourth-order valence-corrected chi connectivity index (χ4v) is 11.1. The fourth-order valence-electron chi connectivity index (χ4n) is 11.1. The van der Waals surface area contributed by atoms with Crippen LogP contribution in [0.5, 0.6) is 11.5 Å². The van der Waals surface area contributed by atoms with E-state index in [9.17, 15) is 9.59 Å². The summed E-state index contributed by atoms with van der Waals surface area (Å²) in [5, 5.41) is 0. The van der Waals surface area contributed by atoms with E-state index in [-0.39, 0.29) is 52.4 Å². The van der Waals surface area contributed by atoms with Crippen LogP contribution in [0.1, 0.15) is 176 Å². The summed E-state index contributed by atoms with van der Waals surface area (Å²) in [6.45, 7) is 32.0. The van der Waals surface area contributed by atoms with Crippen LogP contribution in [0.2, 0.25) is 0 Å². The van der Waals surface area contributed by atoms with E-state index in [1.54, 1.807) is 0 Å². The molecule has 4 aromatic rings. The van der Waals surface area contributed by atoms with E-state index >= 15 is 0 Å². The Balaban J connectivity index is 1.23. The molecule has 2 amide bonds. The van der Waals surface area contributed by atoms with Gasteiger partial charge >= 0.3 is 0 Å². The van der Waals surface area contributed by atoms with Gasteiger partial charge in [-0.25, -0.2) is 0 Å². The van der Waals surface area contributed by atoms with Crippen LogP contribution in [0, 0.1) is 46.3 Å². The van der Waals surface area contributed by atoms with E-state index < -0.39 is 0 Å². The van der Waals surface area contributed by atoms with Crippen molar-refractivity contribution in [3.05, 3.63) is 131 Å². The van der Waals surface area contributed by atoms with Crippen molar-refractivity contribution in [3.63, 3.8) is 0 Å². The van der Waals surface area contributed by atoms with Crippen LogP contribution in [0.3, 0.4) is 0 Å². The van der Waals surface area contributed by atoms with Crippen molar-refractivity contribution in [1.29, 1.82) is 0 Å². The van der Waals surface area contributed by atoms with Gasteiger partial charge in [-0.15, -0.1) is 0 Å². The molecule has 0 saturated carbocycles. The van der Waals surface area contributed by atoms with E-state index in [1.165, 1.54) is 25.7 Å². The predicted octanol–water partition coefficient (Wildman–Crippen LogP) is 15.4. The van der Waals surface area contributed by atoms with Crippen LogP contribution >= 0.6 is 0 Å². The Hall–Kier alpha value is -4.70. The van der Waals surface area contributed by atoms with Gasteiger partial charge in [-0.3, -0.25) is 9.59 Å². The van der Waals surface area contributed by atoms with Gasteiger partial charge in [0.2, 0.25) is 11.8 Å². The van der Waals surface area contributed by atoms with E-state index in [1.807, 2.05) is 94.7 Å². The fraction of sp³-hybridized carbons (Fsp3) is 0.612. The first-order valence-electron chi connectivity index (χ1n) is 29.3. The Bertz CT molecular complexity index is 2020. The molecule has 2 N–H and O–H groups in total. The van der Waals surface area contributed by atoms with Crippen LogP contribution in [0.25, 0.3) is 0 Å². The Morgan fingerprint density at radius 3 is 1.16 bits per heavy atom. The number of nitrogens with two attached hydrogens (primary N) is 1. The van der Waals surface area contributed by atoms with Gasteiger partial charge in [0.05, 0.1) is 32.5 Å². The minimum atomic E-state index is -0.315. The maximum atomic E-state index is 14.5. The van der Waals surface area contributed by atoms with Gasteiger partial charge in [0.15, 0.2) is 0 Å². The van der Waals surface area contributed by atoms with E-state index in [0.717, 1.165) is 72.3 Å². The van der Waals surface area contributed by atoms with Gasteiger partial charge in [0.25, 0.3) is 0 Å². The highest BCUT2D eigenvalue weighted by atomic mass is 16.5. The Morgan fingerprint density at radius 1 is 0.474 bits per heavy atom. The quantitative estimate of drug-likeness (QED) is 0.0453. The largest absolute Gasteiger partial charge is 0.491 e. The molecule has 0 spiro atoms. The molecule has 0 radical (unpaired) electrons. The summed E-state index contributed by atoms with van der Waals surface area (Å²) in [6.07, 6.45) is 10.7. The number of carbonyl (C=O) groups is 2. The lowest BCUT2D eigenvalue weighted by atomic mass is 9.76. The maximum absolute atomic E-state index is 14.5. The molecular formula is C67H103N3O6. The molecule has 0 aliphatic heterocycles. The molecule has 0 fully saturated rings.